The first-order valence-electron chi connectivity index (χ1n) is 6.80. The minimum Gasteiger partial charge on any atom is -0.493 e. The Kier molecular flexibility index (Phi) is 4.88. The maximum Gasteiger partial charge on any atom is 0.311 e. The minimum absolute atomic E-state index is 0.0583. The number of likely N-dealkylation sites (tertiary alicyclic amines) is 1. The largest absolute Gasteiger partial charge is 0.493 e. The van der Waals surface area contributed by atoms with Crippen molar-refractivity contribution in [3.8, 4) is 5.75 Å². The highest BCUT2D eigenvalue weighted by molar-refractivity contribution is 9.10. The van der Waals surface area contributed by atoms with Crippen LogP contribution >= 0.6 is 15.9 Å². The molecule has 1 aromatic rings. The van der Waals surface area contributed by atoms with Crippen molar-refractivity contribution in [2.45, 2.75) is 19.8 Å². The number of hydrogen-bond donors (Lipinski definition) is 1. The lowest BCUT2D eigenvalue weighted by Gasteiger charge is -2.20. The quantitative estimate of drug-likeness (QED) is 0.881. The standard InChI is InChI=1S/C15H18BrNO4/c1-15(14(19)20)7-8-17(10-15)13(18)6-9-21-12-4-2-11(16)3-5-12/h2-5H,6-10H2,1H3,(H,19,20). The van der Waals surface area contributed by atoms with Crippen LogP contribution in [0.4, 0.5) is 0 Å². The van der Waals surface area contributed by atoms with E-state index in [1.165, 1.54) is 0 Å². The summed E-state index contributed by atoms with van der Waals surface area (Å²) in [6, 6.07) is 7.39. The molecule has 1 N–H and O–H groups in total. The Labute approximate surface area is 132 Å². The molecule has 0 aliphatic carbocycles. The molecule has 1 amide bonds. The Hall–Kier alpha value is -1.56. The van der Waals surface area contributed by atoms with E-state index in [1.807, 2.05) is 24.3 Å². The fourth-order valence-corrected chi connectivity index (χ4v) is 2.56. The van der Waals surface area contributed by atoms with Gasteiger partial charge in [0, 0.05) is 17.6 Å². The van der Waals surface area contributed by atoms with Crippen LogP contribution in [-0.2, 0) is 9.59 Å². The molecule has 1 aromatic carbocycles. The number of amides is 1. The van der Waals surface area contributed by atoms with E-state index in [2.05, 4.69) is 15.9 Å². The summed E-state index contributed by atoms with van der Waals surface area (Å²) in [4.78, 5) is 24.8. The van der Waals surface area contributed by atoms with E-state index >= 15 is 0 Å². The number of benzene rings is 1. The Morgan fingerprint density at radius 1 is 1.38 bits per heavy atom. The highest BCUT2D eigenvalue weighted by atomic mass is 79.9. The number of nitrogens with zero attached hydrogens (tertiary/aromatic N) is 1. The Morgan fingerprint density at radius 2 is 2.05 bits per heavy atom. The second-order valence-corrected chi connectivity index (χ2v) is 6.40. The van der Waals surface area contributed by atoms with E-state index in [-0.39, 0.29) is 18.9 Å². The SMILES string of the molecule is CC1(C(=O)O)CCN(C(=O)CCOc2ccc(Br)cc2)C1. The first-order chi connectivity index (χ1) is 9.90. The smallest absolute Gasteiger partial charge is 0.311 e. The van der Waals surface area contributed by atoms with Gasteiger partial charge in [0.1, 0.15) is 5.75 Å². The van der Waals surface area contributed by atoms with E-state index in [0.29, 0.717) is 25.3 Å². The fraction of sp³-hybridized carbons (Fsp3) is 0.467. The van der Waals surface area contributed by atoms with Gasteiger partial charge in [-0.2, -0.15) is 0 Å². The third kappa shape index (κ3) is 3.97. The van der Waals surface area contributed by atoms with Crippen molar-refractivity contribution in [1.82, 2.24) is 4.90 Å². The van der Waals surface area contributed by atoms with E-state index < -0.39 is 11.4 Å². The van der Waals surface area contributed by atoms with Crippen LogP contribution in [0.3, 0.4) is 0 Å². The number of carbonyl (C=O) groups excluding carboxylic acids is 1. The Balaban J connectivity index is 1.78. The highest BCUT2D eigenvalue weighted by Crippen LogP contribution is 2.30. The topological polar surface area (TPSA) is 66.8 Å². The summed E-state index contributed by atoms with van der Waals surface area (Å²) >= 11 is 3.34. The molecule has 0 saturated carbocycles. The van der Waals surface area contributed by atoms with Gasteiger partial charge < -0.3 is 14.7 Å². The lowest BCUT2D eigenvalue weighted by Crippen LogP contribution is -2.35. The van der Waals surface area contributed by atoms with Gasteiger partial charge in [0.15, 0.2) is 0 Å². The van der Waals surface area contributed by atoms with Gasteiger partial charge in [0.2, 0.25) is 5.91 Å². The van der Waals surface area contributed by atoms with Crippen LogP contribution in [0, 0.1) is 5.41 Å². The molecule has 5 nitrogen and oxygen atoms in total. The third-order valence-corrected chi connectivity index (χ3v) is 4.27. The summed E-state index contributed by atoms with van der Waals surface area (Å²) in [5, 5.41) is 9.15. The van der Waals surface area contributed by atoms with Crippen LogP contribution in [0.15, 0.2) is 28.7 Å². The number of rotatable bonds is 5. The number of carboxylic acids is 1. The average molecular weight is 356 g/mol. The van der Waals surface area contributed by atoms with Crippen molar-refractivity contribution in [3.63, 3.8) is 0 Å². The van der Waals surface area contributed by atoms with Crippen molar-refractivity contribution < 1.29 is 19.4 Å². The molecule has 2 rings (SSSR count). The van der Waals surface area contributed by atoms with Crippen LogP contribution < -0.4 is 4.74 Å². The first kappa shape index (κ1) is 15.8. The summed E-state index contributed by atoms with van der Waals surface area (Å²) in [6.45, 7) is 2.75. The van der Waals surface area contributed by atoms with Crippen molar-refractivity contribution >= 4 is 27.8 Å². The molecular weight excluding hydrogens is 338 g/mol. The number of carbonyl (C=O) groups is 2. The van der Waals surface area contributed by atoms with Crippen LogP contribution in [-0.4, -0.2) is 41.6 Å². The van der Waals surface area contributed by atoms with E-state index in [9.17, 15) is 9.59 Å². The summed E-state index contributed by atoms with van der Waals surface area (Å²) in [5.41, 5.74) is -0.817. The maximum absolute atomic E-state index is 12.0. The molecule has 1 fully saturated rings. The molecule has 1 atom stereocenters. The molecule has 6 heteroatoms. The number of halogens is 1. The molecule has 1 saturated heterocycles. The molecule has 0 bridgehead atoms. The lowest BCUT2D eigenvalue weighted by molar-refractivity contribution is -0.147. The molecule has 1 unspecified atom stereocenters. The molecule has 0 radical (unpaired) electrons. The van der Waals surface area contributed by atoms with Crippen LogP contribution in [0.5, 0.6) is 5.75 Å². The number of aliphatic carboxylic acids is 1. The van der Waals surface area contributed by atoms with Gasteiger partial charge in [-0.3, -0.25) is 9.59 Å². The summed E-state index contributed by atoms with van der Waals surface area (Å²) in [7, 11) is 0. The van der Waals surface area contributed by atoms with Gasteiger partial charge >= 0.3 is 5.97 Å². The summed E-state index contributed by atoms with van der Waals surface area (Å²) in [6.07, 6.45) is 0.757. The molecular formula is C15H18BrNO4. The van der Waals surface area contributed by atoms with Gasteiger partial charge in [-0.05, 0) is 37.6 Å². The minimum atomic E-state index is -0.844. The second kappa shape index (κ2) is 6.47. The van der Waals surface area contributed by atoms with Gasteiger partial charge in [-0.25, -0.2) is 0 Å². The normalized spacial score (nSPS) is 21.3. The maximum atomic E-state index is 12.0. The van der Waals surface area contributed by atoms with Gasteiger partial charge in [-0.15, -0.1) is 0 Å². The third-order valence-electron chi connectivity index (χ3n) is 3.74. The first-order valence-corrected chi connectivity index (χ1v) is 7.59. The van der Waals surface area contributed by atoms with Gasteiger partial charge in [0.25, 0.3) is 0 Å². The van der Waals surface area contributed by atoms with Crippen molar-refractivity contribution in [2.75, 3.05) is 19.7 Å². The molecule has 0 spiro atoms. The second-order valence-electron chi connectivity index (χ2n) is 5.48. The summed E-state index contributed by atoms with van der Waals surface area (Å²) < 4.78 is 6.47. The van der Waals surface area contributed by atoms with E-state index in [1.54, 1.807) is 11.8 Å². The molecule has 1 aliphatic heterocycles. The molecule has 114 valence electrons. The zero-order valence-electron chi connectivity index (χ0n) is 11.8. The molecule has 1 aliphatic rings. The molecule has 21 heavy (non-hydrogen) atoms. The average Bonchev–Trinajstić information content (AvgIpc) is 2.85. The van der Waals surface area contributed by atoms with Crippen LogP contribution in [0.25, 0.3) is 0 Å². The van der Waals surface area contributed by atoms with Crippen LogP contribution in [0.1, 0.15) is 19.8 Å². The van der Waals surface area contributed by atoms with Gasteiger partial charge in [0.05, 0.1) is 18.4 Å². The molecule has 0 aromatic heterocycles. The number of hydrogen-bond acceptors (Lipinski definition) is 3. The summed E-state index contributed by atoms with van der Waals surface area (Å²) in [5.74, 6) is -0.191. The lowest BCUT2D eigenvalue weighted by atomic mass is 9.90. The predicted molar refractivity (Wildman–Crippen MR) is 81.2 cm³/mol. The zero-order valence-corrected chi connectivity index (χ0v) is 13.4. The van der Waals surface area contributed by atoms with Crippen LogP contribution in [0.2, 0.25) is 0 Å². The highest BCUT2D eigenvalue weighted by Gasteiger charge is 2.41. The predicted octanol–water partition coefficient (Wildman–Crippen LogP) is 2.54. The fourth-order valence-electron chi connectivity index (χ4n) is 2.29. The zero-order chi connectivity index (χ0) is 15.5. The van der Waals surface area contributed by atoms with Crippen molar-refractivity contribution in [1.29, 1.82) is 0 Å². The molecule has 1 heterocycles. The van der Waals surface area contributed by atoms with Crippen molar-refractivity contribution in [3.05, 3.63) is 28.7 Å². The number of carboxylic acid groups (broad SMARTS) is 1. The monoisotopic (exact) mass is 355 g/mol. The van der Waals surface area contributed by atoms with Gasteiger partial charge in [-0.1, -0.05) is 15.9 Å². The van der Waals surface area contributed by atoms with E-state index in [0.717, 1.165) is 4.47 Å². The Bertz CT molecular complexity index is 531. The number of ether oxygens (including phenoxy) is 1. The van der Waals surface area contributed by atoms with E-state index in [4.69, 9.17) is 9.84 Å². The Morgan fingerprint density at radius 3 is 2.62 bits per heavy atom. The van der Waals surface area contributed by atoms with Crippen molar-refractivity contribution in [2.24, 2.45) is 5.41 Å².